The molecule has 0 radical (unpaired) electrons. The zero-order chi connectivity index (χ0) is 10.6. The van der Waals surface area contributed by atoms with E-state index in [4.69, 9.17) is 0 Å². The lowest BCUT2D eigenvalue weighted by molar-refractivity contribution is -0.137. The standard InChI is InChI=1S/C11H12O3/c1-9(11(14,7-12)8-13)10-5-3-2-4-6-10/h2-9,14H,1H3. The highest BCUT2D eigenvalue weighted by molar-refractivity contribution is 5.88. The van der Waals surface area contributed by atoms with Crippen LogP contribution in [0, 0.1) is 0 Å². The molecule has 0 saturated heterocycles. The number of aldehydes is 2. The van der Waals surface area contributed by atoms with E-state index in [0.29, 0.717) is 0 Å². The van der Waals surface area contributed by atoms with Crippen molar-refractivity contribution in [1.29, 1.82) is 0 Å². The predicted molar refractivity (Wildman–Crippen MR) is 51.9 cm³/mol. The van der Waals surface area contributed by atoms with Crippen molar-refractivity contribution in [2.24, 2.45) is 0 Å². The van der Waals surface area contributed by atoms with E-state index in [1.165, 1.54) is 0 Å². The Bertz CT molecular complexity index is 311. The summed E-state index contributed by atoms with van der Waals surface area (Å²) in [5.41, 5.74) is -1.16. The minimum Gasteiger partial charge on any atom is -0.375 e. The normalized spacial score (nSPS) is 13.3. The van der Waals surface area contributed by atoms with Crippen molar-refractivity contribution in [1.82, 2.24) is 0 Å². The molecule has 14 heavy (non-hydrogen) atoms. The monoisotopic (exact) mass is 192 g/mol. The number of carbonyl (C=O) groups is 2. The van der Waals surface area contributed by atoms with Crippen molar-refractivity contribution < 1.29 is 14.7 Å². The predicted octanol–water partition coefficient (Wildman–Crippen LogP) is 0.919. The summed E-state index contributed by atoms with van der Waals surface area (Å²) in [5.74, 6) is -0.529. The van der Waals surface area contributed by atoms with Crippen LogP contribution in [0.3, 0.4) is 0 Å². The Balaban J connectivity index is 3.00. The van der Waals surface area contributed by atoms with Crippen molar-refractivity contribution in [2.75, 3.05) is 0 Å². The van der Waals surface area contributed by atoms with Gasteiger partial charge in [0.05, 0.1) is 0 Å². The third kappa shape index (κ3) is 1.88. The maximum Gasteiger partial charge on any atom is 0.181 e. The molecule has 0 spiro atoms. The summed E-state index contributed by atoms with van der Waals surface area (Å²) in [6, 6.07) is 8.95. The lowest BCUT2D eigenvalue weighted by Crippen LogP contribution is -2.38. The van der Waals surface area contributed by atoms with Crippen LogP contribution in [0.5, 0.6) is 0 Å². The van der Waals surface area contributed by atoms with Crippen molar-refractivity contribution in [3.05, 3.63) is 35.9 Å². The molecule has 0 heterocycles. The van der Waals surface area contributed by atoms with E-state index < -0.39 is 11.5 Å². The molecule has 0 fully saturated rings. The second-order valence-electron chi connectivity index (χ2n) is 3.26. The van der Waals surface area contributed by atoms with Gasteiger partial charge in [-0.25, -0.2) is 0 Å². The number of aliphatic hydroxyl groups is 1. The molecule has 0 amide bonds. The summed E-state index contributed by atoms with van der Waals surface area (Å²) in [6.45, 7) is 1.64. The SMILES string of the molecule is CC(c1ccccc1)C(O)(C=O)C=O. The van der Waals surface area contributed by atoms with E-state index in [9.17, 15) is 14.7 Å². The van der Waals surface area contributed by atoms with Gasteiger partial charge >= 0.3 is 0 Å². The van der Waals surface area contributed by atoms with Crippen LogP contribution < -0.4 is 0 Å². The number of carbonyl (C=O) groups excluding carboxylic acids is 2. The zero-order valence-electron chi connectivity index (χ0n) is 7.88. The van der Waals surface area contributed by atoms with Crippen LogP contribution in [0.15, 0.2) is 30.3 Å². The highest BCUT2D eigenvalue weighted by atomic mass is 16.3. The lowest BCUT2D eigenvalue weighted by Gasteiger charge is -2.22. The Morgan fingerprint density at radius 2 is 1.71 bits per heavy atom. The fraction of sp³-hybridized carbons (Fsp3) is 0.273. The van der Waals surface area contributed by atoms with Gasteiger partial charge in [-0.1, -0.05) is 37.3 Å². The van der Waals surface area contributed by atoms with Gasteiger partial charge in [-0.05, 0) is 5.56 Å². The molecule has 0 aliphatic carbocycles. The Labute approximate surface area is 82.4 Å². The van der Waals surface area contributed by atoms with E-state index in [-0.39, 0.29) is 12.6 Å². The van der Waals surface area contributed by atoms with E-state index in [0.717, 1.165) is 5.56 Å². The molecule has 0 aliphatic rings. The third-order valence-electron chi connectivity index (χ3n) is 2.37. The summed E-state index contributed by atoms with van der Waals surface area (Å²) in [5, 5.41) is 9.61. The quantitative estimate of drug-likeness (QED) is 0.570. The van der Waals surface area contributed by atoms with Crippen LogP contribution in [0.1, 0.15) is 18.4 Å². The topological polar surface area (TPSA) is 54.4 Å². The van der Waals surface area contributed by atoms with Crippen LogP contribution in [-0.2, 0) is 9.59 Å². The van der Waals surface area contributed by atoms with Gasteiger partial charge in [0.25, 0.3) is 0 Å². The summed E-state index contributed by atoms with van der Waals surface area (Å²) in [6.07, 6.45) is 0.551. The van der Waals surface area contributed by atoms with E-state index >= 15 is 0 Å². The second-order valence-corrected chi connectivity index (χ2v) is 3.26. The molecule has 1 atom stereocenters. The summed E-state index contributed by atoms with van der Waals surface area (Å²) < 4.78 is 0. The van der Waals surface area contributed by atoms with Crippen LogP contribution in [0.2, 0.25) is 0 Å². The summed E-state index contributed by atoms with van der Waals surface area (Å²) in [4.78, 5) is 21.2. The Morgan fingerprint density at radius 1 is 1.21 bits per heavy atom. The molecular weight excluding hydrogens is 180 g/mol. The molecule has 1 aromatic rings. The fourth-order valence-corrected chi connectivity index (χ4v) is 1.24. The second kappa shape index (κ2) is 4.15. The average Bonchev–Trinajstić information content (AvgIpc) is 2.28. The Kier molecular flexibility index (Phi) is 3.14. The minimum atomic E-state index is -1.92. The van der Waals surface area contributed by atoms with Gasteiger partial charge in [0.1, 0.15) is 0 Å². The highest BCUT2D eigenvalue weighted by Crippen LogP contribution is 2.24. The molecule has 3 heteroatoms. The molecule has 74 valence electrons. The molecule has 0 aromatic heterocycles. The average molecular weight is 192 g/mol. The Hall–Kier alpha value is -1.48. The Morgan fingerprint density at radius 3 is 2.14 bits per heavy atom. The molecule has 1 N–H and O–H groups in total. The number of rotatable bonds is 4. The van der Waals surface area contributed by atoms with Gasteiger partial charge in [-0.2, -0.15) is 0 Å². The first-order valence-electron chi connectivity index (χ1n) is 4.34. The van der Waals surface area contributed by atoms with Gasteiger partial charge in [0, 0.05) is 5.92 Å². The smallest absolute Gasteiger partial charge is 0.181 e. The zero-order valence-corrected chi connectivity index (χ0v) is 7.88. The largest absolute Gasteiger partial charge is 0.375 e. The third-order valence-corrected chi connectivity index (χ3v) is 2.37. The number of hydrogen-bond donors (Lipinski definition) is 1. The van der Waals surface area contributed by atoms with Gasteiger partial charge in [0.2, 0.25) is 0 Å². The molecule has 0 aliphatic heterocycles. The highest BCUT2D eigenvalue weighted by Gasteiger charge is 2.33. The van der Waals surface area contributed by atoms with Gasteiger partial charge in [-0.3, -0.25) is 9.59 Å². The fourth-order valence-electron chi connectivity index (χ4n) is 1.24. The van der Waals surface area contributed by atoms with Crippen molar-refractivity contribution in [3.63, 3.8) is 0 Å². The maximum atomic E-state index is 10.6. The van der Waals surface area contributed by atoms with Crippen molar-refractivity contribution in [3.8, 4) is 0 Å². The van der Waals surface area contributed by atoms with Gasteiger partial charge in [0.15, 0.2) is 18.2 Å². The van der Waals surface area contributed by atoms with E-state index in [2.05, 4.69) is 0 Å². The molecular formula is C11H12O3. The van der Waals surface area contributed by atoms with Crippen LogP contribution in [0.4, 0.5) is 0 Å². The van der Waals surface area contributed by atoms with Crippen LogP contribution in [0.25, 0.3) is 0 Å². The molecule has 0 bridgehead atoms. The molecule has 1 aromatic carbocycles. The lowest BCUT2D eigenvalue weighted by atomic mass is 9.86. The molecule has 3 nitrogen and oxygen atoms in total. The molecule has 0 saturated carbocycles. The minimum absolute atomic E-state index is 0.275. The first-order valence-corrected chi connectivity index (χ1v) is 4.34. The van der Waals surface area contributed by atoms with Gasteiger partial charge < -0.3 is 5.11 Å². The maximum absolute atomic E-state index is 10.6. The van der Waals surface area contributed by atoms with E-state index in [1.807, 2.05) is 6.07 Å². The number of benzene rings is 1. The molecule has 1 unspecified atom stereocenters. The summed E-state index contributed by atoms with van der Waals surface area (Å²) >= 11 is 0. The first-order chi connectivity index (χ1) is 6.64. The summed E-state index contributed by atoms with van der Waals surface area (Å²) in [7, 11) is 0. The van der Waals surface area contributed by atoms with Crippen molar-refractivity contribution >= 4 is 12.6 Å². The molecule has 1 rings (SSSR count). The van der Waals surface area contributed by atoms with Crippen molar-refractivity contribution in [2.45, 2.75) is 18.4 Å². The van der Waals surface area contributed by atoms with E-state index in [1.54, 1.807) is 31.2 Å². The first kappa shape index (κ1) is 10.6. The number of hydrogen-bond acceptors (Lipinski definition) is 3. The van der Waals surface area contributed by atoms with Crippen LogP contribution in [-0.4, -0.2) is 23.3 Å². The van der Waals surface area contributed by atoms with Crippen LogP contribution >= 0.6 is 0 Å². The van der Waals surface area contributed by atoms with Gasteiger partial charge in [-0.15, -0.1) is 0 Å².